The standard InChI is InChI=1S/C19H18N4O3S/c1-12-6-8-13(9-7-12)17-21-19(23-22-17)27-11-16(24)20-15-5-3-4-14(10-15)18(25)26-2/h3-10H,11H2,1-2H3,(H,20,24)(H,21,22,23). The molecule has 138 valence electrons. The van der Waals surface area contributed by atoms with E-state index in [9.17, 15) is 9.59 Å². The van der Waals surface area contributed by atoms with Gasteiger partial charge in [0.05, 0.1) is 18.4 Å². The number of methoxy groups -OCH3 is 1. The van der Waals surface area contributed by atoms with Gasteiger partial charge in [-0.3, -0.25) is 9.89 Å². The summed E-state index contributed by atoms with van der Waals surface area (Å²) in [7, 11) is 1.31. The van der Waals surface area contributed by atoms with Crippen LogP contribution in [-0.4, -0.2) is 39.9 Å². The molecule has 0 aliphatic heterocycles. The molecule has 1 heterocycles. The van der Waals surface area contributed by atoms with E-state index < -0.39 is 5.97 Å². The fourth-order valence-electron chi connectivity index (χ4n) is 2.32. The average Bonchev–Trinajstić information content (AvgIpc) is 3.15. The van der Waals surface area contributed by atoms with E-state index in [0.717, 1.165) is 5.56 Å². The molecule has 2 N–H and O–H groups in total. The number of rotatable bonds is 6. The van der Waals surface area contributed by atoms with Crippen LogP contribution in [0.4, 0.5) is 5.69 Å². The lowest BCUT2D eigenvalue weighted by molar-refractivity contribution is -0.113. The van der Waals surface area contributed by atoms with Gasteiger partial charge in [0.1, 0.15) is 0 Å². The molecule has 0 fully saturated rings. The number of carbonyl (C=O) groups excluding carboxylic acids is 2. The van der Waals surface area contributed by atoms with Crippen molar-refractivity contribution in [1.29, 1.82) is 0 Å². The molecule has 0 bridgehead atoms. The first-order valence-corrected chi connectivity index (χ1v) is 9.14. The maximum atomic E-state index is 12.1. The summed E-state index contributed by atoms with van der Waals surface area (Å²) in [5.74, 6) is 0.130. The van der Waals surface area contributed by atoms with Crippen LogP contribution in [0, 0.1) is 6.92 Å². The van der Waals surface area contributed by atoms with Gasteiger partial charge in [-0.05, 0) is 25.1 Å². The number of carbonyl (C=O) groups is 2. The number of H-pyrrole nitrogens is 1. The van der Waals surface area contributed by atoms with Crippen LogP contribution >= 0.6 is 11.8 Å². The predicted molar refractivity (Wildman–Crippen MR) is 104 cm³/mol. The minimum absolute atomic E-state index is 0.146. The van der Waals surface area contributed by atoms with E-state index >= 15 is 0 Å². The van der Waals surface area contributed by atoms with Crippen LogP contribution in [0.2, 0.25) is 0 Å². The molecule has 7 nitrogen and oxygen atoms in total. The predicted octanol–water partition coefficient (Wildman–Crippen LogP) is 3.30. The first-order valence-electron chi connectivity index (χ1n) is 8.15. The summed E-state index contributed by atoms with van der Waals surface area (Å²) in [5.41, 5.74) is 3.00. The number of anilines is 1. The fourth-order valence-corrected chi connectivity index (χ4v) is 2.92. The van der Waals surface area contributed by atoms with E-state index in [0.29, 0.717) is 22.2 Å². The van der Waals surface area contributed by atoms with Crippen molar-refractivity contribution in [2.45, 2.75) is 12.1 Å². The van der Waals surface area contributed by atoms with Gasteiger partial charge >= 0.3 is 5.97 Å². The van der Waals surface area contributed by atoms with Crippen molar-refractivity contribution in [1.82, 2.24) is 15.2 Å². The monoisotopic (exact) mass is 382 g/mol. The fraction of sp³-hybridized carbons (Fsp3) is 0.158. The van der Waals surface area contributed by atoms with Crippen molar-refractivity contribution in [3.8, 4) is 11.4 Å². The first-order chi connectivity index (χ1) is 13.0. The number of hydrogen-bond acceptors (Lipinski definition) is 6. The highest BCUT2D eigenvalue weighted by atomic mass is 32.2. The van der Waals surface area contributed by atoms with Crippen molar-refractivity contribution in [3.63, 3.8) is 0 Å². The zero-order valence-electron chi connectivity index (χ0n) is 14.9. The minimum atomic E-state index is -0.454. The number of nitrogens with one attached hydrogen (secondary N) is 2. The molecule has 8 heteroatoms. The lowest BCUT2D eigenvalue weighted by Gasteiger charge is -2.06. The van der Waals surface area contributed by atoms with Gasteiger partial charge in [0, 0.05) is 11.3 Å². The number of benzene rings is 2. The summed E-state index contributed by atoms with van der Waals surface area (Å²) < 4.78 is 4.67. The Bertz CT molecular complexity index is 954. The molecule has 0 aliphatic rings. The molecular weight excluding hydrogens is 364 g/mol. The molecule has 0 radical (unpaired) electrons. The van der Waals surface area contributed by atoms with E-state index in [1.54, 1.807) is 24.3 Å². The highest BCUT2D eigenvalue weighted by Gasteiger charge is 2.11. The molecule has 27 heavy (non-hydrogen) atoms. The van der Waals surface area contributed by atoms with Crippen molar-refractivity contribution in [2.75, 3.05) is 18.2 Å². The van der Waals surface area contributed by atoms with E-state index in [-0.39, 0.29) is 11.7 Å². The highest BCUT2D eigenvalue weighted by molar-refractivity contribution is 7.99. The normalized spacial score (nSPS) is 10.4. The number of hydrogen-bond donors (Lipinski definition) is 2. The average molecular weight is 382 g/mol. The molecule has 0 unspecified atom stereocenters. The third-order valence-electron chi connectivity index (χ3n) is 3.69. The van der Waals surface area contributed by atoms with Gasteiger partial charge in [-0.25, -0.2) is 9.78 Å². The van der Waals surface area contributed by atoms with E-state index in [1.807, 2.05) is 31.2 Å². The van der Waals surface area contributed by atoms with Crippen LogP contribution in [0.3, 0.4) is 0 Å². The van der Waals surface area contributed by atoms with Crippen LogP contribution in [0.5, 0.6) is 0 Å². The molecule has 2 aromatic carbocycles. The number of amides is 1. The SMILES string of the molecule is COC(=O)c1cccc(NC(=O)CSc2n[nH]c(-c3ccc(C)cc3)n2)c1. The van der Waals surface area contributed by atoms with Crippen molar-refractivity contribution in [3.05, 3.63) is 59.7 Å². The summed E-state index contributed by atoms with van der Waals surface area (Å²) >= 11 is 1.22. The number of thioether (sulfide) groups is 1. The van der Waals surface area contributed by atoms with Crippen molar-refractivity contribution in [2.24, 2.45) is 0 Å². The third kappa shape index (κ3) is 4.95. The number of aromatic amines is 1. The third-order valence-corrected chi connectivity index (χ3v) is 4.54. The van der Waals surface area contributed by atoms with Gasteiger partial charge in [0.2, 0.25) is 11.1 Å². The second kappa shape index (κ2) is 8.50. The highest BCUT2D eigenvalue weighted by Crippen LogP contribution is 2.20. The van der Waals surface area contributed by atoms with Crippen LogP contribution in [0.1, 0.15) is 15.9 Å². The molecule has 1 aromatic heterocycles. The Hall–Kier alpha value is -3.13. The van der Waals surface area contributed by atoms with E-state index in [1.165, 1.54) is 24.4 Å². The van der Waals surface area contributed by atoms with Crippen molar-refractivity contribution >= 4 is 29.3 Å². The Kier molecular flexibility index (Phi) is 5.87. The maximum absolute atomic E-state index is 12.1. The molecular formula is C19H18N4O3S. The van der Waals surface area contributed by atoms with Gasteiger partial charge in [-0.1, -0.05) is 47.7 Å². The molecule has 3 aromatic rings. The quantitative estimate of drug-likeness (QED) is 0.501. The first kappa shape index (κ1) is 18.7. The lowest BCUT2D eigenvalue weighted by atomic mass is 10.1. The number of aromatic nitrogens is 3. The van der Waals surface area contributed by atoms with Gasteiger partial charge in [0.25, 0.3) is 0 Å². The Balaban J connectivity index is 1.57. The smallest absolute Gasteiger partial charge is 0.337 e. The molecule has 0 aliphatic carbocycles. The molecule has 0 saturated heterocycles. The number of ether oxygens (including phenoxy) is 1. The Labute approximate surface area is 160 Å². The largest absolute Gasteiger partial charge is 0.465 e. The zero-order chi connectivity index (χ0) is 19.2. The number of esters is 1. The van der Waals surface area contributed by atoms with Crippen LogP contribution in [-0.2, 0) is 9.53 Å². The van der Waals surface area contributed by atoms with E-state index in [4.69, 9.17) is 0 Å². The zero-order valence-corrected chi connectivity index (χ0v) is 15.7. The summed E-state index contributed by atoms with van der Waals surface area (Å²) in [5, 5.41) is 10.2. The van der Waals surface area contributed by atoms with Crippen LogP contribution in [0.15, 0.2) is 53.7 Å². The molecule has 0 spiro atoms. The van der Waals surface area contributed by atoms with E-state index in [2.05, 4.69) is 25.2 Å². The van der Waals surface area contributed by atoms with Gasteiger partial charge in [-0.2, -0.15) is 0 Å². The second-order valence-corrected chi connectivity index (χ2v) is 6.68. The van der Waals surface area contributed by atoms with Crippen molar-refractivity contribution < 1.29 is 14.3 Å². The summed E-state index contributed by atoms with van der Waals surface area (Å²) in [6.07, 6.45) is 0. The van der Waals surface area contributed by atoms with Gasteiger partial charge in [-0.15, -0.1) is 5.10 Å². The minimum Gasteiger partial charge on any atom is -0.465 e. The van der Waals surface area contributed by atoms with Crippen LogP contribution < -0.4 is 5.32 Å². The Morgan fingerprint density at radius 3 is 2.70 bits per heavy atom. The van der Waals surface area contributed by atoms with Gasteiger partial charge in [0.15, 0.2) is 5.82 Å². The molecule has 3 rings (SSSR count). The lowest BCUT2D eigenvalue weighted by Crippen LogP contribution is -2.14. The summed E-state index contributed by atoms with van der Waals surface area (Å²) in [6.45, 7) is 2.02. The topological polar surface area (TPSA) is 97.0 Å². The number of nitrogens with zero attached hydrogens (tertiary/aromatic N) is 2. The molecule has 1 amide bonds. The summed E-state index contributed by atoms with van der Waals surface area (Å²) in [6, 6.07) is 14.5. The Morgan fingerprint density at radius 2 is 1.96 bits per heavy atom. The molecule has 0 saturated carbocycles. The molecule has 0 atom stereocenters. The summed E-state index contributed by atoms with van der Waals surface area (Å²) in [4.78, 5) is 28.1. The Morgan fingerprint density at radius 1 is 1.19 bits per heavy atom. The van der Waals surface area contributed by atoms with Gasteiger partial charge < -0.3 is 10.1 Å². The second-order valence-electron chi connectivity index (χ2n) is 5.74. The van der Waals surface area contributed by atoms with Crippen LogP contribution in [0.25, 0.3) is 11.4 Å². The maximum Gasteiger partial charge on any atom is 0.337 e. The number of aryl methyl sites for hydroxylation is 1.